The number of hydrogen-bond acceptors (Lipinski definition) is 13. The molecule has 0 radical (unpaired) electrons. The van der Waals surface area contributed by atoms with Gasteiger partial charge in [-0.3, -0.25) is 14.6 Å². The number of rotatable bonds is 24. The predicted octanol–water partition coefficient (Wildman–Crippen LogP) is 27.8. The first kappa shape index (κ1) is 99.5. The number of phenolic OH excluding ortho intramolecular Hbond substituents is 5. The monoisotopic (exact) mass is 1890 g/mol. The fourth-order valence-corrected chi connectivity index (χ4v) is 16.2. The van der Waals surface area contributed by atoms with Gasteiger partial charge in [0, 0.05) is 86.5 Å². The third-order valence-corrected chi connectivity index (χ3v) is 22.7. The Morgan fingerprint density at radius 2 is 0.756 bits per heavy atom. The largest absolute Gasteiger partial charge is 0.508 e. The number of methoxy groups -OCH3 is 3. The summed E-state index contributed by atoms with van der Waals surface area (Å²) in [5, 5.41) is 53.5. The summed E-state index contributed by atoms with van der Waals surface area (Å²) in [4.78, 5) is 28.9. The molecule has 662 valence electrons. The zero-order valence-electron chi connectivity index (χ0n) is 75.3. The minimum absolute atomic E-state index is 0.163. The van der Waals surface area contributed by atoms with Crippen LogP contribution in [0.1, 0.15) is 182 Å². The number of benzene rings is 13. The topological polar surface area (TPSA) is 194 Å². The molecule has 13 aromatic rings. The fourth-order valence-electron chi connectivity index (χ4n) is 14.3. The van der Waals surface area contributed by atoms with E-state index in [0.717, 1.165) is 135 Å². The average molecular weight is 1900 g/mol. The zero-order chi connectivity index (χ0) is 92.5. The second-order valence-electron chi connectivity index (χ2n) is 33.7. The molecular formula is C109H114Br2Cl3NO12. The minimum Gasteiger partial charge on any atom is -0.508 e. The van der Waals surface area contributed by atoms with Crippen molar-refractivity contribution in [2.24, 2.45) is 16.8 Å². The molecule has 13 nitrogen and oxygen atoms in total. The van der Waals surface area contributed by atoms with Crippen molar-refractivity contribution < 1.29 is 58.8 Å². The van der Waals surface area contributed by atoms with E-state index in [1.165, 1.54) is 27.8 Å². The van der Waals surface area contributed by atoms with Gasteiger partial charge < -0.3 is 49.2 Å². The number of carbonyl (C=O) groups is 2. The molecular weight excluding hydrogens is 1780 g/mol. The lowest BCUT2D eigenvalue weighted by Gasteiger charge is -2.18. The fraction of sp³-hybridized carbons (Fsp3) is 0.257. The van der Waals surface area contributed by atoms with Crippen LogP contribution >= 0.6 is 66.7 Å². The SMILES string of the molecule is CC(C)(C)c1ccc(CN=Cc2cc(Br)cc(Br)c2O)cc1.COc1ccc(C)cc1Cc1cc(Cl)ccc1O.COc1ccc(Cl)cc1Cc1cc(Cl)cc(Cc2cc(C)ccc2O)c1OC.Cc1ccc(OC(=O)C(C)C)c(Cc2cc(C)cc(Cc3cc(C)ccc3OC(=O)C(C)C)c2O)c1.Cc1cccc(Cc2ccc(Cc3cccc(C)c3)c(O)c2)c1. The maximum absolute atomic E-state index is 12.3. The minimum atomic E-state index is -0.294. The summed E-state index contributed by atoms with van der Waals surface area (Å²) >= 11 is 25.3. The molecule has 5 N–H and O–H groups in total. The van der Waals surface area contributed by atoms with E-state index in [2.05, 4.69) is 156 Å². The molecule has 18 heteroatoms. The van der Waals surface area contributed by atoms with Gasteiger partial charge in [-0.2, -0.15) is 0 Å². The van der Waals surface area contributed by atoms with Crippen LogP contribution in [0, 0.1) is 60.3 Å². The molecule has 13 aromatic carbocycles. The number of aryl methyl sites for hydroxylation is 7. The summed E-state index contributed by atoms with van der Waals surface area (Å²) in [7, 11) is 4.92. The van der Waals surface area contributed by atoms with Gasteiger partial charge in [0.1, 0.15) is 57.5 Å². The Bertz CT molecular complexity index is 5920. The highest BCUT2D eigenvalue weighted by Crippen LogP contribution is 2.40. The Kier molecular flexibility index (Phi) is 36.8. The van der Waals surface area contributed by atoms with E-state index in [1.807, 2.05) is 138 Å². The second-order valence-corrected chi connectivity index (χ2v) is 36.7. The normalized spacial score (nSPS) is 11.0. The first-order valence-electron chi connectivity index (χ1n) is 42.0. The number of esters is 2. The number of carbonyl (C=O) groups excluding carboxylic acids is 2. The van der Waals surface area contributed by atoms with Crippen LogP contribution < -0.4 is 23.7 Å². The van der Waals surface area contributed by atoms with E-state index in [-0.39, 0.29) is 52.2 Å². The van der Waals surface area contributed by atoms with E-state index in [4.69, 9.17) is 58.5 Å². The number of nitrogens with zero attached hydrogens (tertiary/aromatic N) is 1. The molecule has 0 amide bonds. The summed E-state index contributed by atoms with van der Waals surface area (Å²) in [6.45, 7) is 28.6. The lowest BCUT2D eigenvalue weighted by molar-refractivity contribution is -0.138. The van der Waals surface area contributed by atoms with Crippen LogP contribution in [-0.2, 0) is 66.5 Å². The molecule has 0 bridgehead atoms. The number of halogens is 5. The van der Waals surface area contributed by atoms with E-state index < -0.39 is 0 Å². The molecule has 0 saturated carbocycles. The van der Waals surface area contributed by atoms with Gasteiger partial charge in [0.15, 0.2) is 0 Å². The summed E-state index contributed by atoms with van der Waals surface area (Å²) in [5.41, 5.74) is 24.4. The smallest absolute Gasteiger partial charge is 0.313 e. The van der Waals surface area contributed by atoms with Crippen molar-refractivity contribution in [1.82, 2.24) is 0 Å². The lowest BCUT2D eigenvalue weighted by atomic mass is 9.87. The van der Waals surface area contributed by atoms with Crippen molar-refractivity contribution >= 4 is 84.8 Å². The van der Waals surface area contributed by atoms with Crippen molar-refractivity contribution in [3.8, 4) is 57.5 Å². The van der Waals surface area contributed by atoms with Crippen LogP contribution in [0.5, 0.6) is 57.5 Å². The number of aliphatic imine (C=N–C) groups is 1. The Balaban J connectivity index is 0.000000183. The van der Waals surface area contributed by atoms with Gasteiger partial charge in [-0.25, -0.2) is 0 Å². The first-order valence-corrected chi connectivity index (χ1v) is 44.7. The van der Waals surface area contributed by atoms with Gasteiger partial charge in [-0.1, -0.05) is 284 Å². The summed E-state index contributed by atoms with van der Waals surface area (Å²) in [6.07, 6.45) is 5.78. The summed E-state index contributed by atoms with van der Waals surface area (Å²) in [5.74, 6) is 3.53. The molecule has 0 unspecified atom stereocenters. The average Bonchev–Trinajstić information content (AvgIpc) is 0.800. The number of aromatic hydroxyl groups is 5. The van der Waals surface area contributed by atoms with Gasteiger partial charge in [0.2, 0.25) is 0 Å². The van der Waals surface area contributed by atoms with E-state index in [9.17, 15) is 35.1 Å². The van der Waals surface area contributed by atoms with Gasteiger partial charge in [-0.05, 0) is 240 Å². The van der Waals surface area contributed by atoms with Crippen molar-refractivity contribution in [2.75, 3.05) is 21.3 Å². The van der Waals surface area contributed by atoms with Gasteiger partial charge in [-0.15, -0.1) is 0 Å². The van der Waals surface area contributed by atoms with Crippen LogP contribution in [0.3, 0.4) is 0 Å². The predicted molar refractivity (Wildman–Crippen MR) is 526 cm³/mol. The van der Waals surface area contributed by atoms with Crippen molar-refractivity contribution in [3.63, 3.8) is 0 Å². The quantitative estimate of drug-likeness (QED) is 0.0219. The second kappa shape index (κ2) is 47.0. The molecule has 0 aliphatic heterocycles. The summed E-state index contributed by atoms with van der Waals surface area (Å²) in [6, 6.07) is 76.3. The molecule has 13 rings (SSSR count). The van der Waals surface area contributed by atoms with Gasteiger partial charge >= 0.3 is 11.9 Å². The Morgan fingerprint density at radius 1 is 0.362 bits per heavy atom. The van der Waals surface area contributed by atoms with Crippen molar-refractivity contribution in [3.05, 3.63) is 394 Å². The standard InChI is InChI=1S/C31H36O5.C23H22Cl2O3.C22H22O.C18H19Br2NO.C15H15ClO2/c1-18(2)30(33)35-27-10-8-20(5)12-23(27)16-25-14-22(7)15-26(29(25)32)17-24-13-21(6)9-11-28(24)36-31(34)19(3)4;1-14-4-6-21(26)15(8-14)9-17-12-20(25)13-18(23(17)28-3)10-16-11-19(24)5-7-22(16)27-2;1-16-5-3-7-18(11-16)13-20-9-10-21(22(23)15-20)14-19-8-4-6-17(2)12-19;1-18(2,3)14-6-4-12(5-7-14)10-21-11-13-8-15(19)9-16(20)17(13)22;1-10-3-6-15(18-2)12(7-10)8-11-9-13(16)4-5-14(11)17/h8-15,18-19,32H,16-17H2,1-7H3;4-8,11-13,26H,9-10H2,1-3H3;3-12,15,23H,13-14H2,1-2H3;4-9,11,22H,10H2,1-3H3;3-7,9,17H,8H2,1-2H3. The Labute approximate surface area is 781 Å². The Hall–Kier alpha value is -11.3. The van der Waals surface area contributed by atoms with Crippen LogP contribution in [0.2, 0.25) is 15.1 Å². The van der Waals surface area contributed by atoms with E-state index in [1.54, 1.807) is 104 Å². The molecule has 0 aromatic heterocycles. The highest BCUT2D eigenvalue weighted by Gasteiger charge is 2.22. The molecule has 0 atom stereocenters. The van der Waals surface area contributed by atoms with Crippen LogP contribution in [0.4, 0.5) is 0 Å². The number of ether oxygens (including phenoxy) is 5. The van der Waals surface area contributed by atoms with Crippen LogP contribution in [0.25, 0.3) is 0 Å². The van der Waals surface area contributed by atoms with E-state index >= 15 is 0 Å². The molecule has 0 heterocycles. The number of hydrogen-bond donors (Lipinski definition) is 5. The molecule has 127 heavy (non-hydrogen) atoms. The van der Waals surface area contributed by atoms with Crippen molar-refractivity contribution in [1.29, 1.82) is 0 Å². The molecule has 0 saturated heterocycles. The van der Waals surface area contributed by atoms with E-state index in [0.29, 0.717) is 81.0 Å². The highest BCUT2D eigenvalue weighted by atomic mass is 79.9. The summed E-state index contributed by atoms with van der Waals surface area (Å²) < 4.78 is 29.4. The van der Waals surface area contributed by atoms with Gasteiger partial charge in [0.25, 0.3) is 0 Å². The van der Waals surface area contributed by atoms with Crippen molar-refractivity contribution in [2.45, 2.75) is 154 Å². The highest BCUT2D eigenvalue weighted by molar-refractivity contribution is 9.11. The lowest BCUT2D eigenvalue weighted by Crippen LogP contribution is -2.16. The maximum Gasteiger partial charge on any atom is 0.313 e. The first-order chi connectivity index (χ1) is 60.3. The Morgan fingerprint density at radius 3 is 1.25 bits per heavy atom. The van der Waals surface area contributed by atoms with Gasteiger partial charge in [0.05, 0.1) is 44.2 Å². The molecule has 0 fully saturated rings. The third-order valence-electron chi connectivity index (χ3n) is 21.0. The molecule has 0 aliphatic carbocycles. The third kappa shape index (κ3) is 30.2. The van der Waals surface area contributed by atoms with Crippen LogP contribution in [-0.4, -0.2) is 65.0 Å². The maximum atomic E-state index is 12.3. The van der Waals surface area contributed by atoms with Crippen LogP contribution in [0.15, 0.2) is 251 Å². The zero-order valence-corrected chi connectivity index (χ0v) is 80.8. The number of phenols is 5. The molecule has 0 aliphatic rings. The molecule has 0 spiro atoms.